The molecular weight excluding hydrogens is 212 g/mol. The van der Waals surface area contributed by atoms with Crippen LogP contribution in [0.2, 0.25) is 0 Å². The van der Waals surface area contributed by atoms with E-state index in [0.29, 0.717) is 6.42 Å². The molecule has 1 unspecified atom stereocenters. The second-order valence-corrected chi connectivity index (χ2v) is 6.06. The van der Waals surface area contributed by atoms with Crippen LogP contribution in [0.5, 0.6) is 0 Å². The summed E-state index contributed by atoms with van der Waals surface area (Å²) < 4.78 is 22.3. The van der Waals surface area contributed by atoms with Gasteiger partial charge in [-0.05, 0) is 25.6 Å². The van der Waals surface area contributed by atoms with Gasteiger partial charge in [-0.3, -0.25) is 5.21 Å². The Labute approximate surface area is 82.4 Å². The Kier molecular flexibility index (Phi) is 2.79. The van der Waals surface area contributed by atoms with Crippen molar-refractivity contribution in [2.24, 2.45) is 0 Å². The summed E-state index contributed by atoms with van der Waals surface area (Å²) in [4.78, 5) is 0. The van der Waals surface area contributed by atoms with Crippen molar-refractivity contribution in [2.75, 3.05) is 11.5 Å². The quantitative estimate of drug-likeness (QED) is 0.408. The fourth-order valence-corrected chi connectivity index (χ4v) is 3.75. The Morgan fingerprint density at radius 3 is 2.62 bits per heavy atom. The van der Waals surface area contributed by atoms with E-state index in [1.807, 2.05) is 0 Å². The van der Waals surface area contributed by atoms with Crippen LogP contribution in [0.4, 0.5) is 0 Å². The molecule has 7 heteroatoms. The molecule has 0 saturated carbocycles. The van der Waals surface area contributed by atoms with Gasteiger partial charge in [0.1, 0.15) is 0 Å². The van der Waals surface area contributed by atoms with Crippen molar-refractivity contribution >= 4 is 27.2 Å². The number of hydrogen-bond acceptors (Lipinski definition) is 4. The zero-order chi connectivity index (χ0) is 10.1. The molecule has 76 valence electrons. The molecule has 1 aliphatic rings. The van der Waals surface area contributed by atoms with Crippen LogP contribution >= 0.6 is 12.2 Å². The van der Waals surface area contributed by atoms with E-state index in [-0.39, 0.29) is 16.6 Å². The second-order valence-electron chi connectivity index (χ2n) is 3.47. The van der Waals surface area contributed by atoms with Gasteiger partial charge in [0, 0.05) is 0 Å². The highest BCUT2D eigenvalue weighted by Gasteiger charge is 2.38. The van der Waals surface area contributed by atoms with Crippen LogP contribution in [0, 0.1) is 0 Å². The second kappa shape index (κ2) is 3.39. The lowest BCUT2D eigenvalue weighted by molar-refractivity contribution is 0.228. The van der Waals surface area contributed by atoms with Gasteiger partial charge in [-0.2, -0.15) is 0 Å². The number of sulfone groups is 1. The molecule has 5 nitrogen and oxygen atoms in total. The summed E-state index contributed by atoms with van der Waals surface area (Å²) in [6, 6.07) is 0. The van der Waals surface area contributed by atoms with Crippen LogP contribution in [0.15, 0.2) is 0 Å². The molecule has 0 aromatic carbocycles. The first-order chi connectivity index (χ1) is 5.87. The average molecular weight is 224 g/mol. The molecule has 1 aliphatic heterocycles. The van der Waals surface area contributed by atoms with Crippen molar-refractivity contribution in [3.63, 3.8) is 0 Å². The van der Waals surface area contributed by atoms with Crippen molar-refractivity contribution in [3.05, 3.63) is 0 Å². The van der Waals surface area contributed by atoms with Crippen molar-refractivity contribution < 1.29 is 13.6 Å². The summed E-state index contributed by atoms with van der Waals surface area (Å²) in [6.45, 7) is 1.77. The van der Waals surface area contributed by atoms with Crippen molar-refractivity contribution in [3.8, 4) is 0 Å². The minimum atomic E-state index is -2.94. The molecule has 1 saturated heterocycles. The van der Waals surface area contributed by atoms with Gasteiger partial charge in [-0.1, -0.05) is 0 Å². The van der Waals surface area contributed by atoms with Crippen LogP contribution in [-0.4, -0.2) is 35.8 Å². The van der Waals surface area contributed by atoms with E-state index in [2.05, 4.69) is 17.5 Å². The smallest absolute Gasteiger partial charge is 0.190 e. The molecule has 0 amide bonds. The lowest BCUT2D eigenvalue weighted by Gasteiger charge is -2.24. The lowest BCUT2D eigenvalue weighted by atomic mass is 10.0. The van der Waals surface area contributed by atoms with Crippen LogP contribution in [0.1, 0.15) is 13.3 Å². The third kappa shape index (κ3) is 2.78. The lowest BCUT2D eigenvalue weighted by Crippen LogP contribution is -2.50. The summed E-state index contributed by atoms with van der Waals surface area (Å²) in [7, 11) is -2.94. The number of thiocarbonyl (C=S) groups is 1. The third-order valence-corrected chi connectivity index (χ3v) is 4.12. The first-order valence-corrected chi connectivity index (χ1v) is 6.03. The highest BCUT2D eigenvalue weighted by atomic mass is 32.2. The molecule has 1 heterocycles. The van der Waals surface area contributed by atoms with E-state index in [4.69, 9.17) is 5.21 Å². The monoisotopic (exact) mass is 224 g/mol. The maximum atomic E-state index is 11.1. The first kappa shape index (κ1) is 10.7. The predicted octanol–water partition coefficient (Wildman–Crippen LogP) is -0.583. The molecule has 0 aliphatic carbocycles. The Morgan fingerprint density at radius 1 is 1.62 bits per heavy atom. The van der Waals surface area contributed by atoms with Gasteiger partial charge in [0.2, 0.25) is 0 Å². The summed E-state index contributed by atoms with van der Waals surface area (Å²) in [5.74, 6) is 0.229. The van der Waals surface area contributed by atoms with E-state index >= 15 is 0 Å². The van der Waals surface area contributed by atoms with Gasteiger partial charge >= 0.3 is 0 Å². The molecule has 0 bridgehead atoms. The van der Waals surface area contributed by atoms with Gasteiger partial charge < -0.3 is 5.32 Å². The predicted molar refractivity (Wildman–Crippen MR) is 52.3 cm³/mol. The van der Waals surface area contributed by atoms with Gasteiger partial charge in [0.15, 0.2) is 14.9 Å². The molecular formula is C6H12N2O3S2. The molecule has 0 spiro atoms. The van der Waals surface area contributed by atoms with Crippen LogP contribution in [-0.2, 0) is 9.84 Å². The SMILES string of the molecule is CC1(NC(=S)NO)CCS(=O)(=O)C1. The molecule has 0 aromatic heterocycles. The largest absolute Gasteiger partial charge is 0.355 e. The van der Waals surface area contributed by atoms with Gasteiger partial charge in [-0.15, -0.1) is 0 Å². The zero-order valence-corrected chi connectivity index (χ0v) is 8.83. The number of hydroxylamine groups is 1. The average Bonchev–Trinajstić information content (AvgIpc) is 2.25. The van der Waals surface area contributed by atoms with E-state index in [1.54, 1.807) is 12.4 Å². The van der Waals surface area contributed by atoms with Crippen molar-refractivity contribution in [2.45, 2.75) is 18.9 Å². The Morgan fingerprint density at radius 2 is 2.23 bits per heavy atom. The fourth-order valence-electron chi connectivity index (χ4n) is 1.41. The molecule has 1 fully saturated rings. The minimum Gasteiger partial charge on any atom is -0.355 e. The number of hydrogen-bond donors (Lipinski definition) is 3. The number of rotatable bonds is 1. The summed E-state index contributed by atoms with van der Waals surface area (Å²) >= 11 is 4.67. The maximum absolute atomic E-state index is 11.1. The molecule has 1 atom stereocenters. The Balaban J connectivity index is 2.65. The third-order valence-electron chi connectivity index (χ3n) is 2.02. The van der Waals surface area contributed by atoms with Crippen LogP contribution < -0.4 is 10.8 Å². The number of nitrogens with one attached hydrogen (secondary N) is 2. The molecule has 13 heavy (non-hydrogen) atoms. The van der Waals surface area contributed by atoms with Crippen LogP contribution in [0.3, 0.4) is 0 Å². The first-order valence-electron chi connectivity index (χ1n) is 3.80. The normalized spacial score (nSPS) is 31.2. The molecule has 0 radical (unpaired) electrons. The van der Waals surface area contributed by atoms with Crippen LogP contribution in [0.25, 0.3) is 0 Å². The standard InChI is InChI=1S/C6H12N2O3S2/c1-6(7-5(12)8-9)2-3-13(10,11)4-6/h9H,2-4H2,1H3,(H2,7,8,12). The molecule has 3 N–H and O–H groups in total. The minimum absolute atomic E-state index is 0.0552. The topological polar surface area (TPSA) is 78.4 Å². The summed E-state index contributed by atoms with van der Waals surface area (Å²) in [5, 5.41) is 11.2. The maximum Gasteiger partial charge on any atom is 0.190 e. The van der Waals surface area contributed by atoms with Gasteiger partial charge in [0.05, 0.1) is 17.0 Å². The van der Waals surface area contributed by atoms with Crippen molar-refractivity contribution in [1.82, 2.24) is 10.8 Å². The molecule has 0 aromatic rings. The van der Waals surface area contributed by atoms with E-state index in [1.165, 1.54) is 0 Å². The highest BCUT2D eigenvalue weighted by molar-refractivity contribution is 7.91. The van der Waals surface area contributed by atoms with Crippen molar-refractivity contribution in [1.29, 1.82) is 0 Å². The summed E-state index contributed by atoms with van der Waals surface area (Å²) in [6.07, 6.45) is 0.511. The van der Waals surface area contributed by atoms with Gasteiger partial charge in [-0.25, -0.2) is 13.9 Å². The van der Waals surface area contributed by atoms with E-state index in [9.17, 15) is 8.42 Å². The Hall–Kier alpha value is -0.400. The van der Waals surface area contributed by atoms with E-state index < -0.39 is 15.4 Å². The van der Waals surface area contributed by atoms with E-state index in [0.717, 1.165) is 0 Å². The highest BCUT2D eigenvalue weighted by Crippen LogP contribution is 2.22. The zero-order valence-electron chi connectivity index (χ0n) is 7.20. The Bertz CT molecular complexity index is 314. The molecule has 1 rings (SSSR count). The summed E-state index contributed by atoms with van der Waals surface area (Å²) in [5.41, 5.74) is 1.22. The van der Waals surface area contributed by atoms with Gasteiger partial charge in [0.25, 0.3) is 0 Å². The fraction of sp³-hybridized carbons (Fsp3) is 0.833.